The second kappa shape index (κ2) is 16.2. The average molecular weight is 702 g/mol. The van der Waals surface area contributed by atoms with Crippen LogP contribution < -0.4 is 5.73 Å². The highest BCUT2D eigenvalue weighted by molar-refractivity contribution is 6.30. The Morgan fingerprint density at radius 2 is 1.22 bits per heavy atom. The summed E-state index contributed by atoms with van der Waals surface area (Å²) < 4.78 is 3.52. The second-order valence-electron chi connectivity index (χ2n) is 10.4. The summed E-state index contributed by atoms with van der Waals surface area (Å²) in [6, 6.07) is 13.0. The quantitative estimate of drug-likeness (QED) is 0.172. The lowest BCUT2D eigenvalue weighted by Crippen LogP contribution is -2.13. The van der Waals surface area contributed by atoms with Crippen LogP contribution in [0.4, 0.5) is 0 Å². The fraction of sp³-hybridized carbons (Fsp3) is 0.135. The zero-order chi connectivity index (χ0) is 35.1. The van der Waals surface area contributed by atoms with Gasteiger partial charge in [-0.2, -0.15) is 5.26 Å². The van der Waals surface area contributed by atoms with Gasteiger partial charge < -0.3 is 14.9 Å². The number of pyridine rings is 4. The number of carbonyl (C=O) groups is 1. The van der Waals surface area contributed by atoms with Crippen molar-refractivity contribution in [2.45, 2.75) is 21.3 Å². The molecule has 0 saturated heterocycles. The molecule has 0 fully saturated rings. The number of rotatable bonds is 3. The van der Waals surface area contributed by atoms with Crippen LogP contribution in [-0.4, -0.2) is 44.9 Å². The minimum atomic E-state index is -0.620. The summed E-state index contributed by atoms with van der Waals surface area (Å²) in [5, 5.41) is 10.2. The molecule has 6 heterocycles. The van der Waals surface area contributed by atoms with Gasteiger partial charge in [0.15, 0.2) is 23.0 Å². The largest absolute Gasteiger partial charge is 0.364 e. The van der Waals surface area contributed by atoms with E-state index in [1.54, 1.807) is 71.6 Å². The minimum absolute atomic E-state index is 0. The standard InChI is InChI=1S/C18H14ClN5O.C18H12ClN5.CH4/c1-11-12(7-9-22-17(11)19)5-6-14-23-15(18(20)25)16(24(14)2)13-4-3-8-21-10-13;1-12-13(7-9-22-18(12)19)5-6-16-23-15(10-20)17(24(16)2)14-4-3-8-21-11-14;/h3-4,7-10H,1-2H3,(H2,20,25);3-4,7-9,11H,1-2H3;1H4. The van der Waals surface area contributed by atoms with Crippen LogP contribution >= 0.6 is 23.2 Å². The molecule has 0 aromatic carbocycles. The normalized spacial score (nSPS) is 9.86. The van der Waals surface area contributed by atoms with Crippen LogP contribution in [0.3, 0.4) is 0 Å². The van der Waals surface area contributed by atoms with Gasteiger partial charge in [-0.1, -0.05) is 42.5 Å². The predicted molar refractivity (Wildman–Crippen MR) is 193 cm³/mol. The first-order valence-electron chi connectivity index (χ1n) is 14.5. The molecule has 0 aliphatic carbocycles. The van der Waals surface area contributed by atoms with Crippen molar-refractivity contribution < 1.29 is 4.79 Å². The van der Waals surface area contributed by atoms with E-state index in [1.165, 1.54) is 0 Å². The monoisotopic (exact) mass is 700 g/mol. The van der Waals surface area contributed by atoms with E-state index in [1.807, 2.05) is 39.1 Å². The Morgan fingerprint density at radius 3 is 1.68 bits per heavy atom. The van der Waals surface area contributed by atoms with E-state index < -0.39 is 5.91 Å². The number of primary amides is 1. The highest BCUT2D eigenvalue weighted by Crippen LogP contribution is 2.25. The van der Waals surface area contributed by atoms with E-state index in [-0.39, 0.29) is 13.1 Å². The summed E-state index contributed by atoms with van der Waals surface area (Å²) in [4.78, 5) is 36.6. The van der Waals surface area contributed by atoms with Gasteiger partial charge >= 0.3 is 0 Å². The van der Waals surface area contributed by atoms with Crippen LogP contribution in [0.5, 0.6) is 0 Å². The molecule has 0 radical (unpaired) electrons. The Morgan fingerprint density at radius 1 is 0.740 bits per heavy atom. The van der Waals surface area contributed by atoms with E-state index in [9.17, 15) is 10.1 Å². The molecule has 0 aliphatic heterocycles. The van der Waals surface area contributed by atoms with Gasteiger partial charge in [-0.05, 0) is 62.1 Å². The number of halogens is 2. The molecule has 248 valence electrons. The third-order valence-electron chi connectivity index (χ3n) is 7.30. The Labute approximate surface area is 299 Å². The topological polar surface area (TPSA) is 154 Å². The number of nitrogens with two attached hydrogens (primary N) is 1. The van der Waals surface area contributed by atoms with Gasteiger partial charge in [0, 0.05) is 84.7 Å². The molecule has 0 atom stereocenters. The Balaban J connectivity index is 0.000000220. The van der Waals surface area contributed by atoms with Crippen molar-refractivity contribution in [3.05, 3.63) is 129 Å². The van der Waals surface area contributed by atoms with Crippen molar-refractivity contribution in [3.63, 3.8) is 0 Å². The molecule has 1 amide bonds. The maximum atomic E-state index is 11.8. The second-order valence-corrected chi connectivity index (χ2v) is 11.1. The number of hydrogen-bond donors (Lipinski definition) is 1. The molecule has 0 bridgehead atoms. The van der Waals surface area contributed by atoms with Gasteiger partial charge in [0.05, 0.1) is 11.4 Å². The van der Waals surface area contributed by atoms with E-state index >= 15 is 0 Å². The number of amides is 1. The molecule has 6 aromatic heterocycles. The van der Waals surface area contributed by atoms with Crippen LogP contribution in [0.1, 0.15) is 57.5 Å². The van der Waals surface area contributed by atoms with Crippen molar-refractivity contribution in [2.75, 3.05) is 0 Å². The maximum absolute atomic E-state index is 11.8. The highest BCUT2D eigenvalue weighted by Gasteiger charge is 2.20. The van der Waals surface area contributed by atoms with E-state index in [0.717, 1.165) is 33.4 Å². The third-order valence-corrected chi connectivity index (χ3v) is 8.06. The number of imidazole rings is 2. The number of hydrogen-bond acceptors (Lipinski definition) is 8. The molecule has 6 aromatic rings. The summed E-state index contributed by atoms with van der Waals surface area (Å²) in [5.74, 6) is 12.3. The van der Waals surface area contributed by atoms with Crippen LogP contribution in [0.25, 0.3) is 22.5 Å². The fourth-order valence-electron chi connectivity index (χ4n) is 4.67. The molecule has 0 saturated carbocycles. The van der Waals surface area contributed by atoms with Crippen LogP contribution in [-0.2, 0) is 14.1 Å². The lowest BCUT2D eigenvalue weighted by molar-refractivity contribution is 0.0996. The lowest BCUT2D eigenvalue weighted by Gasteiger charge is -2.04. The van der Waals surface area contributed by atoms with Crippen LogP contribution in [0.2, 0.25) is 10.3 Å². The van der Waals surface area contributed by atoms with Crippen molar-refractivity contribution in [2.24, 2.45) is 19.8 Å². The fourth-order valence-corrected chi connectivity index (χ4v) is 4.99. The molecule has 0 aliphatic rings. The Bertz CT molecular complexity index is 2350. The van der Waals surface area contributed by atoms with E-state index in [0.29, 0.717) is 39.0 Å². The summed E-state index contributed by atoms with van der Waals surface area (Å²) in [6.07, 6.45) is 9.88. The molecule has 11 nitrogen and oxygen atoms in total. The minimum Gasteiger partial charge on any atom is -0.364 e. The molecule has 6 rings (SSSR count). The molecule has 0 spiro atoms. The lowest BCUT2D eigenvalue weighted by atomic mass is 10.1. The summed E-state index contributed by atoms with van der Waals surface area (Å²) in [6.45, 7) is 3.70. The predicted octanol–water partition coefficient (Wildman–Crippen LogP) is 6.08. The van der Waals surface area contributed by atoms with Gasteiger partial charge in [0.25, 0.3) is 5.91 Å². The summed E-state index contributed by atoms with van der Waals surface area (Å²) in [5.41, 5.74) is 11.9. The van der Waals surface area contributed by atoms with E-state index in [4.69, 9.17) is 28.9 Å². The number of nitrogens with zero attached hydrogens (tertiary/aromatic N) is 9. The van der Waals surface area contributed by atoms with Crippen molar-refractivity contribution in [1.82, 2.24) is 39.0 Å². The SMILES string of the molecule is C.Cc1c(C#Cc2nc(C#N)c(-c3cccnc3)n2C)ccnc1Cl.Cc1c(C#Cc2nc(C(N)=O)c(-c3cccnc3)n2C)ccnc1Cl. The first-order valence-corrected chi connectivity index (χ1v) is 15.3. The molecule has 2 N–H and O–H groups in total. The number of carbonyl (C=O) groups excluding carboxylic acids is 1. The summed E-state index contributed by atoms with van der Waals surface area (Å²) >= 11 is 12.0. The molecular formula is C37H30Cl2N10O. The van der Waals surface area contributed by atoms with Crippen LogP contribution in [0, 0.1) is 48.9 Å². The van der Waals surface area contributed by atoms with Gasteiger partial charge in [0.2, 0.25) is 0 Å². The summed E-state index contributed by atoms with van der Waals surface area (Å²) in [7, 11) is 3.60. The molecular weight excluding hydrogens is 671 g/mol. The Hall–Kier alpha value is -6.32. The Kier molecular flexibility index (Phi) is 11.8. The first kappa shape index (κ1) is 36.5. The van der Waals surface area contributed by atoms with Crippen molar-refractivity contribution >= 4 is 29.1 Å². The van der Waals surface area contributed by atoms with Gasteiger partial charge in [-0.15, -0.1) is 0 Å². The average Bonchev–Trinajstić information content (AvgIpc) is 3.62. The zero-order valence-corrected chi connectivity index (χ0v) is 28.2. The third kappa shape index (κ3) is 7.86. The van der Waals surface area contributed by atoms with Gasteiger partial charge in [-0.25, -0.2) is 19.9 Å². The van der Waals surface area contributed by atoms with Crippen molar-refractivity contribution in [3.8, 4) is 52.3 Å². The van der Waals surface area contributed by atoms with Crippen LogP contribution in [0.15, 0.2) is 73.6 Å². The molecule has 13 heteroatoms. The molecule has 0 unspecified atom stereocenters. The number of nitriles is 1. The van der Waals surface area contributed by atoms with Crippen molar-refractivity contribution in [1.29, 1.82) is 5.26 Å². The van der Waals surface area contributed by atoms with Gasteiger partial charge in [0.1, 0.15) is 16.4 Å². The highest BCUT2D eigenvalue weighted by atomic mass is 35.5. The molecule has 50 heavy (non-hydrogen) atoms. The van der Waals surface area contributed by atoms with E-state index in [2.05, 4.69) is 59.7 Å². The maximum Gasteiger partial charge on any atom is 0.269 e. The zero-order valence-electron chi connectivity index (χ0n) is 26.7. The number of aromatic nitrogens is 8. The smallest absolute Gasteiger partial charge is 0.269 e. The van der Waals surface area contributed by atoms with Gasteiger partial charge in [-0.3, -0.25) is 14.8 Å². The first-order chi connectivity index (χ1) is 23.6.